The number of epoxide rings is 1. The third-order valence-electron chi connectivity index (χ3n) is 8.91. The molecule has 0 spiro atoms. The molecule has 3 aliphatic carbocycles. The van der Waals surface area contributed by atoms with Crippen LogP contribution >= 0.6 is 0 Å². The second-order valence-electron chi connectivity index (χ2n) is 9.58. The molecule has 2 aliphatic heterocycles. The molecule has 0 aromatic carbocycles. The van der Waals surface area contributed by atoms with Crippen molar-refractivity contribution in [1.82, 2.24) is 0 Å². The summed E-state index contributed by atoms with van der Waals surface area (Å²) < 4.78 is 11.9. The highest BCUT2D eigenvalue weighted by atomic mass is 16.6. The lowest BCUT2D eigenvalue weighted by Gasteiger charge is -2.68. The number of rotatable bonds is 0. The summed E-state index contributed by atoms with van der Waals surface area (Å²) in [7, 11) is 0. The summed E-state index contributed by atoms with van der Waals surface area (Å²) in [5.74, 6) is 0.487. The second-order valence-corrected chi connectivity index (χ2v) is 9.58. The minimum absolute atomic E-state index is 0.0685. The first-order valence-electron chi connectivity index (χ1n) is 9.43. The quantitative estimate of drug-likeness (QED) is 0.421. The topological polar surface area (TPSA) is 59.1 Å². The summed E-state index contributed by atoms with van der Waals surface area (Å²) >= 11 is 0. The highest BCUT2D eigenvalue weighted by molar-refractivity contribution is 5.73. The summed E-state index contributed by atoms with van der Waals surface area (Å²) in [6.45, 7) is 8.80. The molecular formula is C20H28O4. The Bertz CT molecular complexity index is 671. The summed E-state index contributed by atoms with van der Waals surface area (Å²) in [6.07, 6.45) is 6.35. The zero-order chi connectivity index (χ0) is 17.1. The minimum atomic E-state index is -1.11. The summed E-state index contributed by atoms with van der Waals surface area (Å²) in [4.78, 5) is 12.3. The highest BCUT2D eigenvalue weighted by Crippen LogP contribution is 2.74. The van der Waals surface area contributed by atoms with E-state index in [1.807, 2.05) is 6.92 Å². The summed E-state index contributed by atoms with van der Waals surface area (Å²) in [6, 6.07) is 0. The van der Waals surface area contributed by atoms with Gasteiger partial charge in [0.05, 0.1) is 12.5 Å². The van der Waals surface area contributed by atoms with Crippen molar-refractivity contribution in [3.05, 3.63) is 11.6 Å². The fraction of sp³-hybridized carbons (Fsp3) is 0.850. The predicted molar refractivity (Wildman–Crippen MR) is 88.1 cm³/mol. The van der Waals surface area contributed by atoms with Crippen LogP contribution in [-0.2, 0) is 14.3 Å². The molecule has 4 nitrogen and oxygen atoms in total. The molecule has 4 fully saturated rings. The van der Waals surface area contributed by atoms with E-state index in [1.54, 1.807) is 0 Å². The van der Waals surface area contributed by atoms with Crippen molar-refractivity contribution in [3.63, 3.8) is 0 Å². The fourth-order valence-corrected chi connectivity index (χ4v) is 7.35. The van der Waals surface area contributed by atoms with E-state index in [-0.39, 0.29) is 30.0 Å². The maximum Gasteiger partial charge on any atom is 0.309 e. The van der Waals surface area contributed by atoms with Gasteiger partial charge in [-0.1, -0.05) is 25.5 Å². The average Bonchev–Trinajstić information content (AvgIpc) is 3.16. The van der Waals surface area contributed by atoms with E-state index < -0.39 is 16.6 Å². The van der Waals surface area contributed by atoms with Crippen LogP contribution in [0.15, 0.2) is 11.6 Å². The number of hydrogen-bond acceptors (Lipinski definition) is 4. The molecule has 5 rings (SSSR count). The molecule has 0 unspecified atom stereocenters. The van der Waals surface area contributed by atoms with Crippen molar-refractivity contribution in [2.24, 2.45) is 22.7 Å². The van der Waals surface area contributed by atoms with Gasteiger partial charge in [-0.25, -0.2) is 0 Å². The molecule has 132 valence electrons. The number of carbonyl (C=O) groups is 1. The van der Waals surface area contributed by atoms with E-state index in [0.29, 0.717) is 11.8 Å². The maximum absolute atomic E-state index is 12.3. The smallest absolute Gasteiger partial charge is 0.309 e. The Kier molecular flexibility index (Phi) is 2.62. The van der Waals surface area contributed by atoms with Gasteiger partial charge in [0.25, 0.3) is 0 Å². The number of hydrogen-bond donors (Lipinski definition) is 1. The van der Waals surface area contributed by atoms with Crippen molar-refractivity contribution in [2.45, 2.75) is 83.2 Å². The van der Waals surface area contributed by atoms with Crippen molar-refractivity contribution < 1.29 is 19.4 Å². The molecule has 24 heavy (non-hydrogen) atoms. The van der Waals surface area contributed by atoms with Crippen LogP contribution in [-0.4, -0.2) is 34.5 Å². The van der Waals surface area contributed by atoms with E-state index >= 15 is 0 Å². The normalized spacial score (nSPS) is 61.0. The first kappa shape index (κ1) is 15.4. The largest absolute Gasteiger partial charge is 0.462 e. The van der Waals surface area contributed by atoms with E-state index in [1.165, 1.54) is 5.57 Å². The fourth-order valence-electron chi connectivity index (χ4n) is 7.35. The Labute approximate surface area is 143 Å². The van der Waals surface area contributed by atoms with Crippen molar-refractivity contribution in [3.8, 4) is 0 Å². The first-order valence-corrected chi connectivity index (χ1v) is 9.43. The molecular weight excluding hydrogens is 304 g/mol. The molecule has 2 saturated heterocycles. The van der Waals surface area contributed by atoms with Gasteiger partial charge in [0, 0.05) is 5.41 Å². The lowest BCUT2D eigenvalue weighted by Crippen LogP contribution is -2.75. The molecule has 8 atom stereocenters. The van der Waals surface area contributed by atoms with Crippen LogP contribution in [0.5, 0.6) is 0 Å². The van der Waals surface area contributed by atoms with Crippen LogP contribution in [0, 0.1) is 22.7 Å². The molecule has 0 radical (unpaired) electrons. The molecule has 0 aromatic heterocycles. The predicted octanol–water partition coefficient (Wildman–Crippen LogP) is 2.98. The van der Waals surface area contributed by atoms with E-state index in [0.717, 1.165) is 25.7 Å². The molecule has 1 N–H and O–H groups in total. The maximum atomic E-state index is 12.3. The van der Waals surface area contributed by atoms with E-state index in [4.69, 9.17) is 9.47 Å². The SMILES string of the molecule is CC1=CCC[C@]2(C)[C@H]3C[C@@H]4O[C@]4(C)[C@]4(O)CC(=O)O[C@H](C[C@@H]12)[C@]34C. The zero-order valence-corrected chi connectivity index (χ0v) is 15.1. The molecule has 2 heterocycles. The number of carbonyl (C=O) groups excluding carboxylic acids is 1. The average molecular weight is 332 g/mol. The third-order valence-corrected chi connectivity index (χ3v) is 8.91. The Morgan fingerprint density at radius 1 is 1.21 bits per heavy atom. The molecule has 0 amide bonds. The van der Waals surface area contributed by atoms with Crippen LogP contribution in [0.4, 0.5) is 0 Å². The minimum Gasteiger partial charge on any atom is -0.462 e. The van der Waals surface area contributed by atoms with Gasteiger partial charge in [-0.15, -0.1) is 0 Å². The number of ether oxygens (including phenoxy) is 2. The number of esters is 1. The lowest BCUT2D eigenvalue weighted by molar-refractivity contribution is -0.283. The summed E-state index contributed by atoms with van der Waals surface area (Å²) in [5, 5.41) is 11.8. The van der Waals surface area contributed by atoms with Crippen molar-refractivity contribution in [1.29, 1.82) is 0 Å². The van der Waals surface area contributed by atoms with Crippen LogP contribution < -0.4 is 0 Å². The molecule has 4 heteroatoms. The molecule has 0 aromatic rings. The molecule has 5 aliphatic rings. The monoisotopic (exact) mass is 332 g/mol. The van der Waals surface area contributed by atoms with Gasteiger partial charge >= 0.3 is 5.97 Å². The summed E-state index contributed by atoms with van der Waals surface area (Å²) in [5.41, 5.74) is -0.545. The number of fused-ring (bicyclic) bond motifs is 4. The molecule has 2 saturated carbocycles. The van der Waals surface area contributed by atoms with Gasteiger partial charge in [0.15, 0.2) is 0 Å². The van der Waals surface area contributed by atoms with Crippen molar-refractivity contribution >= 4 is 5.97 Å². The van der Waals surface area contributed by atoms with E-state index in [9.17, 15) is 9.90 Å². The molecule has 0 bridgehead atoms. The Hall–Kier alpha value is -0.870. The Balaban J connectivity index is 1.70. The third kappa shape index (κ3) is 1.40. The van der Waals surface area contributed by atoms with E-state index in [2.05, 4.69) is 26.8 Å². The van der Waals surface area contributed by atoms with Crippen LogP contribution in [0.3, 0.4) is 0 Å². The standard InChI is InChI=1S/C20H28O4/c1-11-6-5-7-17(2)12(11)8-14-18(3)13(17)9-15-19(4,24-15)20(18,22)10-16(21)23-14/h6,12-15,22H,5,7-10H2,1-4H3/t12-,13+,14+,15-,17-,18-,19-,20-/m0/s1. The van der Waals surface area contributed by atoms with Gasteiger partial charge in [-0.05, 0) is 56.8 Å². The van der Waals surface area contributed by atoms with Gasteiger partial charge < -0.3 is 14.6 Å². The Morgan fingerprint density at radius 3 is 2.71 bits per heavy atom. The second kappa shape index (κ2) is 4.09. The van der Waals surface area contributed by atoms with Gasteiger partial charge in [0.1, 0.15) is 17.3 Å². The van der Waals surface area contributed by atoms with Gasteiger partial charge in [-0.3, -0.25) is 4.79 Å². The van der Waals surface area contributed by atoms with Crippen LogP contribution in [0.25, 0.3) is 0 Å². The van der Waals surface area contributed by atoms with Crippen LogP contribution in [0.1, 0.15) is 59.8 Å². The number of allylic oxidation sites excluding steroid dienone is 2. The first-order chi connectivity index (χ1) is 11.2. The van der Waals surface area contributed by atoms with Crippen LogP contribution in [0.2, 0.25) is 0 Å². The van der Waals surface area contributed by atoms with Gasteiger partial charge in [-0.2, -0.15) is 0 Å². The zero-order valence-electron chi connectivity index (χ0n) is 15.1. The van der Waals surface area contributed by atoms with Gasteiger partial charge in [0.2, 0.25) is 0 Å². The highest BCUT2D eigenvalue weighted by Gasteiger charge is 2.82. The van der Waals surface area contributed by atoms with Crippen molar-refractivity contribution in [2.75, 3.05) is 0 Å². The number of aliphatic hydroxyl groups is 1. The lowest BCUT2D eigenvalue weighted by atomic mass is 9.38. The Morgan fingerprint density at radius 2 is 1.96 bits per heavy atom.